The van der Waals surface area contributed by atoms with E-state index in [1.165, 1.54) is 10.0 Å². The van der Waals surface area contributed by atoms with Crippen LogP contribution in [0.5, 0.6) is 0 Å². The molecule has 0 aliphatic rings. The Balaban J connectivity index is 1.95. The molecule has 0 bridgehead atoms. The minimum absolute atomic E-state index is 0.180. The normalized spacial score (nSPS) is 11.0. The zero-order chi connectivity index (χ0) is 15.8. The molecule has 2 rings (SSSR count). The standard InChI is InChI=1S/C17H19N5/c1-21(19-13-15-9-5-3-6-10-15)17(18)22(2)20-14-16-11-7-4-8-12-16/h3-14,18H,1-2H3/b18-17?,19-13-,20-14+. The molecule has 0 saturated heterocycles. The second-order valence-corrected chi connectivity index (χ2v) is 4.68. The van der Waals surface area contributed by atoms with Crippen molar-refractivity contribution in [2.45, 2.75) is 0 Å². The zero-order valence-corrected chi connectivity index (χ0v) is 12.7. The summed E-state index contributed by atoms with van der Waals surface area (Å²) in [4.78, 5) is 0. The topological polar surface area (TPSA) is 55.1 Å². The molecule has 2 aromatic rings. The minimum Gasteiger partial charge on any atom is -0.266 e. The van der Waals surface area contributed by atoms with Gasteiger partial charge in [-0.3, -0.25) is 5.41 Å². The fraction of sp³-hybridized carbons (Fsp3) is 0.118. The van der Waals surface area contributed by atoms with Gasteiger partial charge in [0.1, 0.15) is 0 Å². The summed E-state index contributed by atoms with van der Waals surface area (Å²) in [5, 5.41) is 19.5. The van der Waals surface area contributed by atoms with Crippen LogP contribution in [0.4, 0.5) is 0 Å². The molecule has 5 heteroatoms. The third kappa shape index (κ3) is 4.56. The first kappa shape index (κ1) is 15.4. The monoisotopic (exact) mass is 293 g/mol. The van der Waals surface area contributed by atoms with Crippen LogP contribution in [0.3, 0.4) is 0 Å². The average molecular weight is 293 g/mol. The maximum atomic E-state index is 8.06. The summed E-state index contributed by atoms with van der Waals surface area (Å²) in [7, 11) is 3.44. The molecule has 0 aliphatic carbocycles. The zero-order valence-electron chi connectivity index (χ0n) is 12.7. The molecule has 112 valence electrons. The number of rotatable bonds is 4. The van der Waals surface area contributed by atoms with Gasteiger partial charge in [0.15, 0.2) is 0 Å². The number of nitrogens with zero attached hydrogens (tertiary/aromatic N) is 4. The number of benzene rings is 2. The molecule has 0 unspecified atom stereocenters. The average Bonchev–Trinajstić information content (AvgIpc) is 2.58. The van der Waals surface area contributed by atoms with Gasteiger partial charge >= 0.3 is 0 Å². The lowest BCUT2D eigenvalue weighted by atomic mass is 10.2. The summed E-state index contributed by atoms with van der Waals surface area (Å²) in [5.41, 5.74) is 1.97. The molecule has 2 aromatic carbocycles. The lowest BCUT2D eigenvalue weighted by Gasteiger charge is -2.19. The second kappa shape index (κ2) is 7.73. The number of hydrazone groups is 2. The van der Waals surface area contributed by atoms with Crippen molar-refractivity contribution < 1.29 is 0 Å². The fourth-order valence-electron chi connectivity index (χ4n) is 1.70. The predicted molar refractivity (Wildman–Crippen MR) is 91.3 cm³/mol. The van der Waals surface area contributed by atoms with E-state index in [4.69, 9.17) is 5.41 Å². The van der Waals surface area contributed by atoms with E-state index in [0.29, 0.717) is 0 Å². The van der Waals surface area contributed by atoms with E-state index < -0.39 is 0 Å². The van der Waals surface area contributed by atoms with E-state index in [2.05, 4.69) is 10.2 Å². The first-order valence-corrected chi connectivity index (χ1v) is 6.91. The van der Waals surface area contributed by atoms with Crippen molar-refractivity contribution in [3.05, 3.63) is 71.8 Å². The second-order valence-electron chi connectivity index (χ2n) is 4.68. The summed E-state index contributed by atoms with van der Waals surface area (Å²) in [5.74, 6) is 0.180. The van der Waals surface area contributed by atoms with Crippen molar-refractivity contribution in [1.29, 1.82) is 5.41 Å². The minimum atomic E-state index is 0.180. The molecule has 0 spiro atoms. The largest absolute Gasteiger partial charge is 0.266 e. The highest BCUT2D eigenvalue weighted by Gasteiger charge is 2.06. The van der Waals surface area contributed by atoms with Crippen LogP contribution in [0, 0.1) is 5.41 Å². The van der Waals surface area contributed by atoms with E-state index in [1.54, 1.807) is 26.5 Å². The molecule has 0 radical (unpaired) electrons. The lowest BCUT2D eigenvalue weighted by Crippen LogP contribution is -2.33. The van der Waals surface area contributed by atoms with Crippen LogP contribution >= 0.6 is 0 Å². The van der Waals surface area contributed by atoms with Crippen LogP contribution in [0.25, 0.3) is 0 Å². The van der Waals surface area contributed by atoms with E-state index in [0.717, 1.165) is 11.1 Å². The SMILES string of the molecule is CN(/N=C\c1ccccc1)C(=N)N(C)/N=C/c1ccccc1. The van der Waals surface area contributed by atoms with Gasteiger partial charge < -0.3 is 0 Å². The number of guanidine groups is 1. The molecule has 0 atom stereocenters. The molecule has 0 saturated carbocycles. The summed E-state index contributed by atoms with van der Waals surface area (Å²) in [6, 6.07) is 19.5. The Labute approximate surface area is 130 Å². The van der Waals surface area contributed by atoms with Crippen molar-refractivity contribution in [2.24, 2.45) is 10.2 Å². The van der Waals surface area contributed by atoms with Gasteiger partial charge in [0.05, 0.1) is 12.4 Å². The molecule has 0 aliphatic heterocycles. The predicted octanol–water partition coefficient (Wildman–Crippen LogP) is 2.85. The molecule has 5 nitrogen and oxygen atoms in total. The third-order valence-corrected chi connectivity index (χ3v) is 2.97. The Morgan fingerprint density at radius 1 is 0.773 bits per heavy atom. The van der Waals surface area contributed by atoms with Crippen LogP contribution in [0.15, 0.2) is 70.9 Å². The molecular weight excluding hydrogens is 274 g/mol. The van der Waals surface area contributed by atoms with E-state index >= 15 is 0 Å². The highest BCUT2D eigenvalue weighted by Crippen LogP contribution is 1.99. The van der Waals surface area contributed by atoms with Crippen LogP contribution in [0.1, 0.15) is 11.1 Å². The Hall–Kier alpha value is -2.95. The van der Waals surface area contributed by atoms with E-state index in [1.807, 2.05) is 60.7 Å². The smallest absolute Gasteiger partial charge is 0.234 e. The van der Waals surface area contributed by atoms with Gasteiger partial charge in [0.25, 0.3) is 0 Å². The van der Waals surface area contributed by atoms with Gasteiger partial charge in [-0.2, -0.15) is 10.2 Å². The van der Waals surface area contributed by atoms with Gasteiger partial charge in [-0.1, -0.05) is 60.7 Å². The van der Waals surface area contributed by atoms with Crippen LogP contribution in [0.2, 0.25) is 0 Å². The lowest BCUT2D eigenvalue weighted by molar-refractivity contribution is 0.412. The van der Waals surface area contributed by atoms with Crippen LogP contribution < -0.4 is 0 Å². The maximum absolute atomic E-state index is 8.06. The Morgan fingerprint density at radius 2 is 1.14 bits per heavy atom. The molecule has 0 fully saturated rings. The van der Waals surface area contributed by atoms with Crippen molar-refractivity contribution in [3.8, 4) is 0 Å². The highest BCUT2D eigenvalue weighted by molar-refractivity contribution is 5.84. The quantitative estimate of drug-likeness (QED) is 0.535. The summed E-state index contributed by atoms with van der Waals surface area (Å²) in [6.45, 7) is 0. The van der Waals surface area contributed by atoms with Crippen LogP contribution in [-0.2, 0) is 0 Å². The Morgan fingerprint density at radius 3 is 1.50 bits per heavy atom. The molecule has 0 amide bonds. The first-order valence-electron chi connectivity index (χ1n) is 6.91. The van der Waals surface area contributed by atoms with Crippen molar-refractivity contribution >= 4 is 18.4 Å². The Bertz CT molecular complexity index is 592. The van der Waals surface area contributed by atoms with Gasteiger partial charge in [0.2, 0.25) is 5.96 Å². The highest BCUT2D eigenvalue weighted by atomic mass is 15.6. The summed E-state index contributed by atoms with van der Waals surface area (Å²) >= 11 is 0. The van der Waals surface area contributed by atoms with Gasteiger partial charge in [-0.05, 0) is 11.1 Å². The maximum Gasteiger partial charge on any atom is 0.234 e. The Kier molecular flexibility index (Phi) is 5.43. The summed E-state index contributed by atoms with van der Waals surface area (Å²) < 4.78 is 0. The summed E-state index contributed by atoms with van der Waals surface area (Å²) in [6.07, 6.45) is 3.42. The van der Waals surface area contributed by atoms with E-state index in [-0.39, 0.29) is 5.96 Å². The van der Waals surface area contributed by atoms with Crippen LogP contribution in [-0.4, -0.2) is 42.5 Å². The van der Waals surface area contributed by atoms with Crippen molar-refractivity contribution in [2.75, 3.05) is 14.1 Å². The molecule has 22 heavy (non-hydrogen) atoms. The fourth-order valence-corrected chi connectivity index (χ4v) is 1.70. The van der Waals surface area contributed by atoms with Crippen molar-refractivity contribution in [1.82, 2.24) is 10.0 Å². The van der Waals surface area contributed by atoms with Gasteiger partial charge in [0, 0.05) is 14.1 Å². The van der Waals surface area contributed by atoms with Crippen molar-refractivity contribution in [3.63, 3.8) is 0 Å². The van der Waals surface area contributed by atoms with E-state index in [9.17, 15) is 0 Å². The first-order chi connectivity index (χ1) is 10.7. The number of hydrogen-bond donors (Lipinski definition) is 1. The van der Waals surface area contributed by atoms with Gasteiger partial charge in [-0.15, -0.1) is 0 Å². The molecule has 0 heterocycles. The molecule has 0 aromatic heterocycles. The number of hydrogen-bond acceptors (Lipinski definition) is 3. The van der Waals surface area contributed by atoms with Gasteiger partial charge in [-0.25, -0.2) is 10.0 Å². The third-order valence-electron chi connectivity index (χ3n) is 2.97. The molecular formula is C17H19N5. The molecule has 1 N–H and O–H groups in total. The number of nitrogens with one attached hydrogen (secondary N) is 1.